The predicted molar refractivity (Wildman–Crippen MR) is 92.1 cm³/mol. The SMILES string of the molecule is CCOc1nc(Nc2ccc(-c3cnn(C)c3)cc2)ccc1C. The molecule has 2 heterocycles. The Bertz CT molecular complexity index is 793. The van der Waals surface area contributed by atoms with Gasteiger partial charge in [-0.3, -0.25) is 4.68 Å². The summed E-state index contributed by atoms with van der Waals surface area (Å²) < 4.78 is 7.33. The summed E-state index contributed by atoms with van der Waals surface area (Å²) in [5.74, 6) is 1.44. The highest BCUT2D eigenvalue weighted by molar-refractivity contribution is 5.66. The first-order valence-corrected chi connectivity index (χ1v) is 7.62. The molecule has 5 heteroatoms. The molecule has 0 unspecified atom stereocenters. The van der Waals surface area contributed by atoms with Crippen molar-refractivity contribution in [3.63, 3.8) is 0 Å². The van der Waals surface area contributed by atoms with E-state index >= 15 is 0 Å². The van der Waals surface area contributed by atoms with Crippen LogP contribution in [0.4, 0.5) is 11.5 Å². The molecule has 5 nitrogen and oxygen atoms in total. The van der Waals surface area contributed by atoms with Crippen LogP contribution in [0.5, 0.6) is 5.88 Å². The summed E-state index contributed by atoms with van der Waals surface area (Å²) in [5.41, 5.74) is 4.25. The van der Waals surface area contributed by atoms with Crippen molar-refractivity contribution >= 4 is 11.5 Å². The van der Waals surface area contributed by atoms with Crippen LogP contribution in [0.2, 0.25) is 0 Å². The molecule has 0 spiro atoms. The topological polar surface area (TPSA) is 52.0 Å². The molecule has 0 radical (unpaired) electrons. The fraction of sp³-hybridized carbons (Fsp3) is 0.222. The molecular weight excluding hydrogens is 288 g/mol. The van der Waals surface area contributed by atoms with Crippen molar-refractivity contribution < 1.29 is 4.74 Å². The van der Waals surface area contributed by atoms with Crippen molar-refractivity contribution in [2.24, 2.45) is 7.05 Å². The average Bonchev–Trinajstić information content (AvgIpc) is 2.98. The minimum atomic E-state index is 0.608. The fourth-order valence-corrected chi connectivity index (χ4v) is 2.33. The fourth-order valence-electron chi connectivity index (χ4n) is 2.33. The monoisotopic (exact) mass is 308 g/mol. The van der Waals surface area contributed by atoms with E-state index in [4.69, 9.17) is 4.74 Å². The summed E-state index contributed by atoms with van der Waals surface area (Å²) in [4.78, 5) is 4.49. The molecule has 118 valence electrons. The van der Waals surface area contributed by atoms with Crippen molar-refractivity contribution in [1.82, 2.24) is 14.8 Å². The molecule has 0 aliphatic heterocycles. The number of pyridine rings is 1. The summed E-state index contributed by atoms with van der Waals surface area (Å²) >= 11 is 0. The maximum Gasteiger partial charge on any atom is 0.218 e. The number of rotatable bonds is 5. The molecule has 0 aliphatic carbocycles. The van der Waals surface area contributed by atoms with Gasteiger partial charge in [-0.05, 0) is 37.6 Å². The summed E-state index contributed by atoms with van der Waals surface area (Å²) in [6.45, 7) is 4.56. The van der Waals surface area contributed by atoms with Gasteiger partial charge >= 0.3 is 0 Å². The molecule has 1 N–H and O–H groups in total. The number of nitrogens with zero attached hydrogens (tertiary/aromatic N) is 3. The molecule has 0 saturated heterocycles. The summed E-state index contributed by atoms with van der Waals surface area (Å²) in [5, 5.41) is 7.50. The van der Waals surface area contributed by atoms with E-state index in [0.717, 1.165) is 28.2 Å². The molecule has 1 aromatic carbocycles. The number of nitrogens with one attached hydrogen (secondary N) is 1. The molecule has 23 heavy (non-hydrogen) atoms. The molecule has 0 atom stereocenters. The van der Waals surface area contributed by atoms with E-state index in [1.807, 2.05) is 57.6 Å². The van der Waals surface area contributed by atoms with Crippen LogP contribution in [0.15, 0.2) is 48.8 Å². The van der Waals surface area contributed by atoms with Gasteiger partial charge in [-0.15, -0.1) is 0 Å². The van der Waals surface area contributed by atoms with Gasteiger partial charge in [0.05, 0.1) is 12.8 Å². The Hall–Kier alpha value is -2.82. The van der Waals surface area contributed by atoms with Crippen molar-refractivity contribution in [2.45, 2.75) is 13.8 Å². The van der Waals surface area contributed by atoms with Crippen LogP contribution in [0.1, 0.15) is 12.5 Å². The number of aromatic nitrogens is 3. The molecule has 3 rings (SSSR count). The number of hydrogen-bond acceptors (Lipinski definition) is 4. The summed E-state index contributed by atoms with van der Waals surface area (Å²) in [7, 11) is 1.92. The highest BCUT2D eigenvalue weighted by Crippen LogP contribution is 2.24. The zero-order valence-electron chi connectivity index (χ0n) is 13.6. The molecule has 0 aliphatic rings. The lowest BCUT2D eigenvalue weighted by atomic mass is 10.1. The number of ether oxygens (including phenoxy) is 1. The van der Waals surface area contributed by atoms with Crippen LogP contribution in [0.25, 0.3) is 11.1 Å². The van der Waals surface area contributed by atoms with Crippen LogP contribution >= 0.6 is 0 Å². The molecule has 0 bridgehead atoms. The smallest absolute Gasteiger partial charge is 0.218 e. The molecule has 0 fully saturated rings. The van der Waals surface area contributed by atoms with Crippen molar-refractivity contribution in [2.75, 3.05) is 11.9 Å². The quantitative estimate of drug-likeness (QED) is 0.776. The first-order chi connectivity index (χ1) is 11.2. The third-order valence-electron chi connectivity index (χ3n) is 3.53. The highest BCUT2D eigenvalue weighted by Gasteiger charge is 2.04. The average molecular weight is 308 g/mol. The molecule has 3 aromatic rings. The zero-order valence-corrected chi connectivity index (χ0v) is 13.6. The van der Waals surface area contributed by atoms with Crippen LogP contribution < -0.4 is 10.1 Å². The Labute approximate surface area is 135 Å². The Balaban J connectivity index is 1.77. The van der Waals surface area contributed by atoms with Gasteiger partial charge in [-0.1, -0.05) is 18.2 Å². The van der Waals surface area contributed by atoms with Gasteiger partial charge in [0.2, 0.25) is 5.88 Å². The Kier molecular flexibility index (Phi) is 4.28. The first-order valence-electron chi connectivity index (χ1n) is 7.62. The minimum absolute atomic E-state index is 0.608. The van der Waals surface area contributed by atoms with Gasteiger partial charge in [0, 0.05) is 30.1 Å². The zero-order chi connectivity index (χ0) is 16.2. The Morgan fingerprint density at radius 2 is 1.87 bits per heavy atom. The number of hydrogen-bond donors (Lipinski definition) is 1. The third kappa shape index (κ3) is 3.51. The van der Waals surface area contributed by atoms with Crippen molar-refractivity contribution in [1.29, 1.82) is 0 Å². The molecule has 0 amide bonds. The minimum Gasteiger partial charge on any atom is -0.478 e. The molecule has 0 saturated carbocycles. The van der Waals surface area contributed by atoms with E-state index in [2.05, 4.69) is 27.5 Å². The second-order valence-corrected chi connectivity index (χ2v) is 5.36. The van der Waals surface area contributed by atoms with Gasteiger partial charge < -0.3 is 10.1 Å². The number of aryl methyl sites for hydroxylation is 2. The molecular formula is C18H20N4O. The van der Waals surface area contributed by atoms with Gasteiger partial charge in [-0.2, -0.15) is 10.1 Å². The van der Waals surface area contributed by atoms with Crippen LogP contribution in [-0.4, -0.2) is 21.4 Å². The van der Waals surface area contributed by atoms with E-state index in [0.29, 0.717) is 12.5 Å². The number of anilines is 2. The van der Waals surface area contributed by atoms with Gasteiger partial charge in [0.25, 0.3) is 0 Å². The van der Waals surface area contributed by atoms with E-state index in [1.54, 1.807) is 4.68 Å². The van der Waals surface area contributed by atoms with Crippen LogP contribution in [0, 0.1) is 6.92 Å². The second-order valence-electron chi connectivity index (χ2n) is 5.36. The lowest BCUT2D eigenvalue weighted by molar-refractivity contribution is 0.325. The third-order valence-corrected chi connectivity index (χ3v) is 3.53. The highest BCUT2D eigenvalue weighted by atomic mass is 16.5. The van der Waals surface area contributed by atoms with Gasteiger partial charge in [0.1, 0.15) is 5.82 Å². The maximum atomic E-state index is 5.53. The Morgan fingerprint density at radius 3 is 2.52 bits per heavy atom. The lowest BCUT2D eigenvalue weighted by Crippen LogP contribution is -2.00. The van der Waals surface area contributed by atoms with Crippen molar-refractivity contribution in [3.05, 3.63) is 54.4 Å². The Morgan fingerprint density at radius 1 is 1.09 bits per heavy atom. The first kappa shape index (κ1) is 15.1. The molecule has 2 aromatic heterocycles. The summed E-state index contributed by atoms with van der Waals surface area (Å²) in [6.07, 6.45) is 3.86. The van der Waals surface area contributed by atoms with Crippen LogP contribution in [0.3, 0.4) is 0 Å². The van der Waals surface area contributed by atoms with Crippen LogP contribution in [-0.2, 0) is 7.05 Å². The lowest BCUT2D eigenvalue weighted by Gasteiger charge is -2.10. The van der Waals surface area contributed by atoms with Crippen molar-refractivity contribution in [3.8, 4) is 17.0 Å². The van der Waals surface area contributed by atoms with Gasteiger partial charge in [0.15, 0.2) is 0 Å². The van der Waals surface area contributed by atoms with E-state index < -0.39 is 0 Å². The number of benzene rings is 1. The van der Waals surface area contributed by atoms with E-state index in [-0.39, 0.29) is 0 Å². The van der Waals surface area contributed by atoms with E-state index in [9.17, 15) is 0 Å². The predicted octanol–water partition coefficient (Wildman–Crippen LogP) is 3.93. The normalized spacial score (nSPS) is 10.6. The standard InChI is InChI=1S/C18H20N4O/c1-4-23-18-13(2)5-10-17(21-18)20-16-8-6-14(7-9-16)15-11-19-22(3)12-15/h5-12H,4H2,1-3H3,(H,20,21). The second kappa shape index (κ2) is 6.52. The summed E-state index contributed by atoms with van der Waals surface area (Å²) in [6, 6.07) is 12.2. The maximum absolute atomic E-state index is 5.53. The van der Waals surface area contributed by atoms with E-state index in [1.165, 1.54) is 0 Å². The van der Waals surface area contributed by atoms with Gasteiger partial charge in [-0.25, -0.2) is 0 Å². The largest absolute Gasteiger partial charge is 0.478 e.